The number of aromatic amines is 1. The van der Waals surface area contributed by atoms with E-state index in [1.165, 1.54) is 25.3 Å². The fourth-order valence-electron chi connectivity index (χ4n) is 3.70. The van der Waals surface area contributed by atoms with E-state index >= 15 is 0 Å². The predicted octanol–water partition coefficient (Wildman–Crippen LogP) is 3.23. The molecule has 3 aromatic rings. The third-order valence-electron chi connectivity index (χ3n) is 5.25. The minimum atomic E-state index is -1.22. The number of ether oxygens (including phenoxy) is 2. The second-order valence-corrected chi connectivity index (χ2v) is 8.27. The van der Waals surface area contributed by atoms with E-state index in [0.717, 1.165) is 23.9 Å². The molecule has 1 aliphatic heterocycles. The lowest BCUT2D eigenvalue weighted by molar-refractivity contribution is -0.138. The number of hydrogen-bond donors (Lipinski definition) is 2. The standard InChI is InChI=1S/C22H18F2N2O6S/c1-10(17-14(24)4-3-5-16(17)31-2)32-11-6-7-13(23)15(8-11)26-20(27)18-12(21(28)29)9-33-19(18)25-22(26)30/h3-8,10,12H,9H2,1-2H3,(H,25,30)(H,28,29). The number of benzene rings is 2. The molecule has 2 aromatic carbocycles. The number of carboxylic acids is 1. The minimum absolute atomic E-state index is 0.0557. The first-order chi connectivity index (χ1) is 15.7. The zero-order valence-corrected chi connectivity index (χ0v) is 18.2. The Balaban J connectivity index is 1.77. The number of halogens is 2. The van der Waals surface area contributed by atoms with Crippen LogP contribution in [0, 0.1) is 11.6 Å². The Labute approximate surface area is 189 Å². The molecule has 0 bridgehead atoms. The van der Waals surface area contributed by atoms with Crippen LogP contribution in [0.1, 0.15) is 30.1 Å². The quantitative estimate of drug-likeness (QED) is 0.526. The van der Waals surface area contributed by atoms with Gasteiger partial charge in [0.05, 0.1) is 34.9 Å². The third kappa shape index (κ3) is 3.99. The predicted molar refractivity (Wildman–Crippen MR) is 116 cm³/mol. The number of aliphatic carboxylic acids is 1. The number of nitrogens with zero attached hydrogens (tertiary/aromatic N) is 1. The maximum atomic E-state index is 14.7. The zero-order valence-electron chi connectivity index (χ0n) is 17.4. The smallest absolute Gasteiger partial charge is 0.333 e. The van der Waals surface area contributed by atoms with Gasteiger partial charge in [-0.05, 0) is 31.2 Å². The highest BCUT2D eigenvalue weighted by Gasteiger charge is 2.34. The first kappa shape index (κ1) is 22.6. The van der Waals surface area contributed by atoms with E-state index in [0.29, 0.717) is 4.57 Å². The summed E-state index contributed by atoms with van der Waals surface area (Å²) in [6.45, 7) is 1.56. The van der Waals surface area contributed by atoms with Crippen LogP contribution in [0.5, 0.6) is 11.5 Å². The van der Waals surface area contributed by atoms with Gasteiger partial charge in [0, 0.05) is 11.8 Å². The fraction of sp³-hybridized carbons (Fsp3) is 0.227. The highest BCUT2D eigenvalue weighted by atomic mass is 32.2. The molecule has 1 aliphatic rings. The molecule has 11 heteroatoms. The Hall–Kier alpha value is -3.60. The van der Waals surface area contributed by atoms with Gasteiger partial charge >= 0.3 is 11.7 Å². The van der Waals surface area contributed by atoms with Gasteiger partial charge in [-0.25, -0.2) is 18.1 Å². The molecule has 0 fully saturated rings. The molecule has 0 radical (unpaired) electrons. The number of nitrogens with one attached hydrogen (secondary N) is 1. The lowest BCUT2D eigenvalue weighted by Gasteiger charge is -2.19. The molecule has 1 aromatic heterocycles. The lowest BCUT2D eigenvalue weighted by atomic mass is 10.1. The average molecular weight is 476 g/mol. The van der Waals surface area contributed by atoms with E-state index in [2.05, 4.69) is 4.98 Å². The van der Waals surface area contributed by atoms with Gasteiger partial charge in [0.2, 0.25) is 0 Å². The molecule has 0 saturated heterocycles. The Kier molecular flexibility index (Phi) is 5.98. The van der Waals surface area contributed by atoms with Crippen LogP contribution in [0.4, 0.5) is 8.78 Å². The number of hydrogen-bond acceptors (Lipinski definition) is 6. The van der Waals surface area contributed by atoms with Crippen molar-refractivity contribution in [3.8, 4) is 17.2 Å². The van der Waals surface area contributed by atoms with E-state index in [1.54, 1.807) is 13.0 Å². The molecule has 0 aliphatic carbocycles. The highest BCUT2D eigenvalue weighted by molar-refractivity contribution is 7.99. The van der Waals surface area contributed by atoms with Crippen LogP contribution in [-0.4, -0.2) is 33.5 Å². The van der Waals surface area contributed by atoms with Crippen molar-refractivity contribution >= 4 is 17.7 Å². The minimum Gasteiger partial charge on any atom is -0.496 e. The summed E-state index contributed by atoms with van der Waals surface area (Å²) in [5.74, 6) is -3.42. The van der Waals surface area contributed by atoms with Gasteiger partial charge in [0.1, 0.15) is 29.2 Å². The molecule has 8 nitrogen and oxygen atoms in total. The second kappa shape index (κ2) is 8.74. The number of thioether (sulfide) groups is 1. The van der Waals surface area contributed by atoms with Crippen LogP contribution in [-0.2, 0) is 4.79 Å². The van der Waals surface area contributed by atoms with Crippen LogP contribution in [0.3, 0.4) is 0 Å². The highest BCUT2D eigenvalue weighted by Crippen LogP contribution is 2.36. The molecular formula is C22H18F2N2O6S. The van der Waals surface area contributed by atoms with Gasteiger partial charge in [-0.2, -0.15) is 0 Å². The molecule has 172 valence electrons. The molecule has 2 atom stereocenters. The number of aromatic nitrogens is 2. The van der Waals surface area contributed by atoms with Crippen molar-refractivity contribution in [2.75, 3.05) is 12.9 Å². The van der Waals surface area contributed by atoms with Crippen molar-refractivity contribution in [1.82, 2.24) is 9.55 Å². The van der Waals surface area contributed by atoms with Crippen molar-refractivity contribution in [2.24, 2.45) is 0 Å². The second-order valence-electron chi connectivity index (χ2n) is 7.24. The number of carboxylic acid groups (broad SMARTS) is 1. The number of rotatable bonds is 6. The van der Waals surface area contributed by atoms with Crippen molar-refractivity contribution in [3.63, 3.8) is 0 Å². The van der Waals surface area contributed by atoms with Gasteiger partial charge in [0.15, 0.2) is 0 Å². The Morgan fingerprint density at radius 1 is 1.24 bits per heavy atom. The molecule has 2 unspecified atom stereocenters. The van der Waals surface area contributed by atoms with E-state index < -0.39 is 46.6 Å². The largest absolute Gasteiger partial charge is 0.496 e. The van der Waals surface area contributed by atoms with E-state index in [-0.39, 0.29) is 33.4 Å². The number of fused-ring (bicyclic) bond motifs is 1. The maximum absolute atomic E-state index is 14.7. The van der Waals surface area contributed by atoms with Crippen LogP contribution in [0.15, 0.2) is 51.0 Å². The van der Waals surface area contributed by atoms with Crippen molar-refractivity contribution < 1.29 is 28.2 Å². The van der Waals surface area contributed by atoms with Gasteiger partial charge in [-0.15, -0.1) is 11.8 Å². The van der Waals surface area contributed by atoms with E-state index in [9.17, 15) is 28.3 Å². The molecule has 33 heavy (non-hydrogen) atoms. The topological polar surface area (TPSA) is 111 Å². The van der Waals surface area contributed by atoms with E-state index in [4.69, 9.17) is 9.47 Å². The van der Waals surface area contributed by atoms with Gasteiger partial charge in [-0.1, -0.05) is 6.07 Å². The van der Waals surface area contributed by atoms with Gasteiger partial charge < -0.3 is 19.6 Å². The first-order valence-electron chi connectivity index (χ1n) is 9.76. The van der Waals surface area contributed by atoms with Crippen molar-refractivity contribution in [1.29, 1.82) is 0 Å². The SMILES string of the molecule is COc1cccc(F)c1C(C)Oc1ccc(F)c(-n2c(=O)[nH]c3c(c2=O)C(C(=O)O)CS3)c1. The summed E-state index contributed by atoms with van der Waals surface area (Å²) in [4.78, 5) is 39.6. The summed E-state index contributed by atoms with van der Waals surface area (Å²) < 4.78 is 40.5. The summed E-state index contributed by atoms with van der Waals surface area (Å²) in [7, 11) is 1.39. The normalized spacial score (nSPS) is 15.7. The van der Waals surface area contributed by atoms with Gasteiger partial charge in [-0.3, -0.25) is 9.59 Å². The molecule has 0 saturated carbocycles. The van der Waals surface area contributed by atoms with Crippen LogP contribution < -0.4 is 20.7 Å². The fourth-order valence-corrected chi connectivity index (χ4v) is 4.89. The van der Waals surface area contributed by atoms with Gasteiger partial charge in [0.25, 0.3) is 5.56 Å². The summed E-state index contributed by atoms with van der Waals surface area (Å²) in [5, 5.41) is 9.55. The van der Waals surface area contributed by atoms with Crippen LogP contribution >= 0.6 is 11.8 Å². The number of methoxy groups -OCH3 is 1. The molecule has 0 amide bonds. The molecule has 2 N–H and O–H groups in total. The third-order valence-corrected chi connectivity index (χ3v) is 6.36. The average Bonchev–Trinajstić information content (AvgIpc) is 3.19. The molecule has 0 spiro atoms. The summed E-state index contributed by atoms with van der Waals surface area (Å²) >= 11 is 1.04. The first-order valence-corrected chi connectivity index (χ1v) is 10.7. The van der Waals surface area contributed by atoms with Crippen molar-refractivity contribution in [3.05, 3.63) is 80.0 Å². The summed E-state index contributed by atoms with van der Waals surface area (Å²) in [5.41, 5.74) is -2.24. The van der Waals surface area contributed by atoms with E-state index in [1.807, 2.05) is 0 Å². The Bertz CT molecular complexity index is 1370. The Morgan fingerprint density at radius 3 is 2.70 bits per heavy atom. The lowest BCUT2D eigenvalue weighted by Crippen LogP contribution is -2.37. The molecule has 2 heterocycles. The summed E-state index contributed by atoms with van der Waals surface area (Å²) in [6.07, 6.45) is -0.859. The summed E-state index contributed by atoms with van der Waals surface area (Å²) in [6, 6.07) is 7.68. The zero-order chi connectivity index (χ0) is 23.9. The maximum Gasteiger partial charge on any atom is 0.333 e. The number of H-pyrrole nitrogens is 1. The molecular weight excluding hydrogens is 458 g/mol. The Morgan fingerprint density at radius 2 is 2.00 bits per heavy atom. The number of carbonyl (C=O) groups is 1. The van der Waals surface area contributed by atoms with Crippen molar-refractivity contribution in [2.45, 2.75) is 24.0 Å². The monoisotopic (exact) mass is 476 g/mol. The van der Waals surface area contributed by atoms with Crippen LogP contribution in [0.25, 0.3) is 5.69 Å². The molecule has 4 rings (SSSR count). The van der Waals surface area contributed by atoms with Crippen LogP contribution in [0.2, 0.25) is 0 Å².